The Hall–Kier alpha value is -1.30. The number of benzene rings is 1. The van der Waals surface area contributed by atoms with Gasteiger partial charge < -0.3 is 0 Å². The zero-order valence-corrected chi connectivity index (χ0v) is 7.51. The van der Waals surface area contributed by atoms with Gasteiger partial charge in [-0.25, -0.2) is 0 Å². The molecule has 0 heteroatoms. The summed E-state index contributed by atoms with van der Waals surface area (Å²) in [7, 11) is 0. The van der Waals surface area contributed by atoms with Crippen molar-refractivity contribution in [3.8, 4) is 0 Å². The minimum absolute atomic E-state index is 0.966. The molecule has 0 aliphatic heterocycles. The highest BCUT2D eigenvalue weighted by molar-refractivity contribution is 5.76. The van der Waals surface area contributed by atoms with Gasteiger partial charge in [-0.1, -0.05) is 50.4 Å². The molecule has 0 bridgehead atoms. The third-order valence-electron chi connectivity index (χ3n) is 1.98. The van der Waals surface area contributed by atoms with Gasteiger partial charge in [0.25, 0.3) is 0 Å². The molecule has 0 aliphatic rings. The Kier molecular flexibility index (Phi) is 2.87. The van der Waals surface area contributed by atoms with E-state index in [1.54, 1.807) is 0 Å². The van der Waals surface area contributed by atoms with E-state index in [1.807, 2.05) is 18.2 Å². The van der Waals surface area contributed by atoms with E-state index >= 15 is 0 Å². The first-order chi connectivity index (χ1) is 5.75. The van der Waals surface area contributed by atoms with E-state index in [9.17, 15) is 0 Å². The third kappa shape index (κ3) is 1.85. The third-order valence-corrected chi connectivity index (χ3v) is 1.98. The second-order valence-corrected chi connectivity index (χ2v) is 2.80. The quantitative estimate of drug-likeness (QED) is 0.589. The van der Waals surface area contributed by atoms with Gasteiger partial charge in [0, 0.05) is 0 Å². The lowest BCUT2D eigenvalue weighted by Crippen LogP contribution is -1.84. The predicted octanol–water partition coefficient (Wildman–Crippen LogP) is 3.67. The molecular formula is C12H14. The smallest absolute Gasteiger partial charge is 0.0187 e. The fraction of sp³-hybridized carbons (Fsp3) is 0.167. The average molecular weight is 158 g/mol. The van der Waals surface area contributed by atoms with Gasteiger partial charge in [0.15, 0.2) is 0 Å². The van der Waals surface area contributed by atoms with Crippen molar-refractivity contribution in [2.24, 2.45) is 0 Å². The van der Waals surface area contributed by atoms with Gasteiger partial charge in [0.05, 0.1) is 0 Å². The Balaban J connectivity index is 2.86. The molecule has 0 aromatic heterocycles. The van der Waals surface area contributed by atoms with Crippen LogP contribution in [0.4, 0.5) is 0 Å². The van der Waals surface area contributed by atoms with Crippen LogP contribution in [0.25, 0.3) is 5.57 Å². The number of allylic oxidation sites excluding steroid dienone is 2. The van der Waals surface area contributed by atoms with Crippen LogP contribution in [0.15, 0.2) is 49.1 Å². The lowest BCUT2D eigenvalue weighted by molar-refractivity contribution is 1.17. The summed E-state index contributed by atoms with van der Waals surface area (Å²) < 4.78 is 0. The van der Waals surface area contributed by atoms with Crippen LogP contribution in [0.1, 0.15) is 18.9 Å². The summed E-state index contributed by atoms with van der Waals surface area (Å²) in [4.78, 5) is 0. The van der Waals surface area contributed by atoms with Gasteiger partial charge in [0.1, 0.15) is 0 Å². The summed E-state index contributed by atoms with van der Waals surface area (Å²) in [6, 6.07) is 10.2. The zero-order chi connectivity index (χ0) is 8.97. The Morgan fingerprint density at radius 3 is 2.25 bits per heavy atom. The molecule has 62 valence electrons. The molecule has 1 aromatic rings. The summed E-state index contributed by atoms with van der Waals surface area (Å²) in [6.07, 6.45) is 0.966. The zero-order valence-electron chi connectivity index (χ0n) is 7.51. The maximum Gasteiger partial charge on any atom is -0.0187 e. The lowest BCUT2D eigenvalue weighted by Gasteiger charge is -2.06. The van der Waals surface area contributed by atoms with Crippen LogP contribution >= 0.6 is 0 Å². The van der Waals surface area contributed by atoms with Crippen molar-refractivity contribution in [1.82, 2.24) is 0 Å². The first-order valence-corrected chi connectivity index (χ1v) is 4.18. The molecule has 0 heterocycles. The molecule has 0 unspecified atom stereocenters. The van der Waals surface area contributed by atoms with Crippen molar-refractivity contribution in [2.75, 3.05) is 0 Å². The fourth-order valence-corrected chi connectivity index (χ4v) is 1.06. The molecule has 12 heavy (non-hydrogen) atoms. The molecule has 0 fully saturated rings. The highest BCUT2D eigenvalue weighted by Crippen LogP contribution is 2.20. The second kappa shape index (κ2) is 3.91. The number of hydrogen-bond donors (Lipinski definition) is 0. The van der Waals surface area contributed by atoms with Crippen LogP contribution in [-0.4, -0.2) is 0 Å². The Bertz CT molecular complexity index is 280. The van der Waals surface area contributed by atoms with Crippen LogP contribution in [0.5, 0.6) is 0 Å². The minimum atomic E-state index is 0.966. The van der Waals surface area contributed by atoms with E-state index in [0.717, 1.165) is 17.6 Å². The maximum atomic E-state index is 4.00. The van der Waals surface area contributed by atoms with Gasteiger partial charge in [0.2, 0.25) is 0 Å². The Morgan fingerprint density at radius 1 is 1.17 bits per heavy atom. The normalized spacial score (nSPS) is 9.42. The molecule has 0 radical (unpaired) electrons. The van der Waals surface area contributed by atoms with Crippen LogP contribution in [0, 0.1) is 0 Å². The largest absolute Gasteiger partial charge is 0.0952 e. The van der Waals surface area contributed by atoms with Crippen LogP contribution in [0.3, 0.4) is 0 Å². The highest BCUT2D eigenvalue weighted by Gasteiger charge is 1.99. The van der Waals surface area contributed by atoms with E-state index in [0.29, 0.717) is 0 Å². The van der Waals surface area contributed by atoms with Crippen molar-refractivity contribution in [1.29, 1.82) is 0 Å². The summed E-state index contributed by atoms with van der Waals surface area (Å²) in [5.41, 5.74) is 3.34. The second-order valence-electron chi connectivity index (χ2n) is 2.80. The van der Waals surface area contributed by atoms with E-state index in [-0.39, 0.29) is 0 Å². The van der Waals surface area contributed by atoms with Crippen LogP contribution in [-0.2, 0) is 0 Å². The molecule has 0 saturated heterocycles. The fourth-order valence-electron chi connectivity index (χ4n) is 1.06. The first kappa shape index (κ1) is 8.79. The Labute approximate surface area is 74.2 Å². The molecule has 0 nitrogen and oxygen atoms in total. The molecule has 1 aromatic carbocycles. The van der Waals surface area contributed by atoms with Crippen molar-refractivity contribution in [3.05, 3.63) is 54.6 Å². The standard InChI is InChI=1S/C12H14/c1-4-10(2)11(3)12-8-6-5-7-9-12/h5-9H,2-4H2,1H3. The van der Waals surface area contributed by atoms with Crippen molar-refractivity contribution >= 4 is 5.57 Å². The predicted molar refractivity (Wildman–Crippen MR) is 54.9 cm³/mol. The van der Waals surface area contributed by atoms with E-state index in [1.165, 1.54) is 5.56 Å². The van der Waals surface area contributed by atoms with Crippen LogP contribution < -0.4 is 0 Å². The van der Waals surface area contributed by atoms with E-state index in [2.05, 4.69) is 32.2 Å². The van der Waals surface area contributed by atoms with Gasteiger partial charge in [-0.15, -0.1) is 0 Å². The topological polar surface area (TPSA) is 0 Å². The first-order valence-electron chi connectivity index (χ1n) is 4.18. The van der Waals surface area contributed by atoms with Gasteiger partial charge in [-0.05, 0) is 23.1 Å². The summed E-state index contributed by atoms with van der Waals surface area (Å²) in [5, 5.41) is 0. The SMILES string of the molecule is C=C(CC)C(=C)c1ccccc1. The number of rotatable bonds is 3. The molecule has 1 rings (SSSR count). The molecule has 0 amide bonds. The van der Waals surface area contributed by atoms with Crippen LogP contribution in [0.2, 0.25) is 0 Å². The molecule has 0 saturated carbocycles. The van der Waals surface area contributed by atoms with Gasteiger partial charge in [-0.2, -0.15) is 0 Å². The average Bonchev–Trinajstić information content (AvgIpc) is 2.17. The van der Waals surface area contributed by atoms with E-state index in [4.69, 9.17) is 0 Å². The maximum absolute atomic E-state index is 4.00. The van der Waals surface area contributed by atoms with Crippen molar-refractivity contribution < 1.29 is 0 Å². The highest BCUT2D eigenvalue weighted by atomic mass is 14.0. The monoisotopic (exact) mass is 158 g/mol. The van der Waals surface area contributed by atoms with Gasteiger partial charge >= 0.3 is 0 Å². The van der Waals surface area contributed by atoms with Crippen molar-refractivity contribution in [3.63, 3.8) is 0 Å². The number of hydrogen-bond acceptors (Lipinski definition) is 0. The minimum Gasteiger partial charge on any atom is -0.0952 e. The van der Waals surface area contributed by atoms with E-state index < -0.39 is 0 Å². The molecule has 0 atom stereocenters. The summed E-state index contributed by atoms with van der Waals surface area (Å²) >= 11 is 0. The molecular weight excluding hydrogens is 144 g/mol. The molecule has 0 spiro atoms. The van der Waals surface area contributed by atoms with Crippen molar-refractivity contribution in [2.45, 2.75) is 13.3 Å². The Morgan fingerprint density at radius 2 is 1.75 bits per heavy atom. The lowest BCUT2D eigenvalue weighted by atomic mass is 9.99. The molecule has 0 aliphatic carbocycles. The molecule has 0 N–H and O–H groups in total. The summed E-state index contributed by atoms with van der Waals surface area (Å²) in [6.45, 7) is 10.0. The summed E-state index contributed by atoms with van der Waals surface area (Å²) in [5.74, 6) is 0. The van der Waals surface area contributed by atoms with Gasteiger partial charge in [-0.3, -0.25) is 0 Å².